The first-order valence-corrected chi connectivity index (χ1v) is 10.0. The van der Waals surface area contributed by atoms with Gasteiger partial charge in [0.15, 0.2) is 0 Å². The molecule has 0 radical (unpaired) electrons. The number of ether oxygens (including phenoxy) is 1. The molecule has 6 heteroatoms. The van der Waals surface area contributed by atoms with Crippen LogP contribution in [0.3, 0.4) is 0 Å². The summed E-state index contributed by atoms with van der Waals surface area (Å²) in [7, 11) is 0. The van der Waals surface area contributed by atoms with E-state index in [0.29, 0.717) is 6.54 Å². The van der Waals surface area contributed by atoms with E-state index in [4.69, 9.17) is 4.74 Å². The van der Waals surface area contributed by atoms with Crippen LogP contribution in [0.25, 0.3) is 0 Å². The van der Waals surface area contributed by atoms with E-state index >= 15 is 0 Å². The molecular weight excluding hydrogens is 322 g/mol. The highest BCUT2D eigenvalue weighted by Gasteiger charge is 2.16. The van der Waals surface area contributed by atoms with Gasteiger partial charge in [-0.05, 0) is 37.0 Å². The minimum atomic E-state index is -0.163. The first kappa shape index (κ1) is 17.6. The van der Waals surface area contributed by atoms with E-state index in [0.717, 1.165) is 38.1 Å². The Morgan fingerprint density at radius 2 is 2.04 bits per heavy atom. The van der Waals surface area contributed by atoms with E-state index in [1.165, 1.54) is 30.2 Å². The van der Waals surface area contributed by atoms with Gasteiger partial charge in [0.05, 0.1) is 6.10 Å². The highest BCUT2D eigenvalue weighted by Crippen LogP contribution is 2.13. The third-order valence-corrected chi connectivity index (χ3v) is 5.49. The molecule has 0 saturated carbocycles. The number of benzene rings is 1. The molecule has 0 aliphatic carbocycles. The fraction of sp³-hybridized carbons (Fsp3) is 0.611. The summed E-state index contributed by atoms with van der Waals surface area (Å²) < 4.78 is 5.50. The number of carbonyl (C=O) groups is 1. The van der Waals surface area contributed by atoms with Crippen LogP contribution < -0.4 is 10.6 Å². The minimum absolute atomic E-state index is 0.163. The van der Waals surface area contributed by atoms with Gasteiger partial charge in [0.25, 0.3) is 0 Å². The number of amides is 2. The Hall–Kier alpha value is -1.24. The highest BCUT2D eigenvalue weighted by atomic mass is 32.2. The third-order valence-electron chi connectivity index (χ3n) is 4.55. The van der Waals surface area contributed by atoms with Crippen molar-refractivity contribution in [2.45, 2.75) is 25.4 Å². The van der Waals surface area contributed by atoms with Crippen LogP contribution in [-0.4, -0.2) is 61.3 Å². The number of nitrogens with zero attached hydrogens (tertiary/aromatic N) is 1. The average molecular weight is 350 g/mol. The summed E-state index contributed by atoms with van der Waals surface area (Å²) in [6.07, 6.45) is 3.36. The molecule has 2 saturated heterocycles. The Labute approximate surface area is 148 Å². The second-order valence-corrected chi connectivity index (χ2v) is 7.60. The number of hydrogen-bond acceptors (Lipinski definition) is 4. The lowest BCUT2D eigenvalue weighted by Crippen LogP contribution is -2.35. The van der Waals surface area contributed by atoms with Gasteiger partial charge >= 0.3 is 6.03 Å². The summed E-state index contributed by atoms with van der Waals surface area (Å²) >= 11 is 2.04. The average Bonchev–Trinajstić information content (AvgIpc) is 3.14. The molecule has 2 amide bonds. The monoisotopic (exact) mass is 349 g/mol. The molecule has 0 unspecified atom stereocenters. The van der Waals surface area contributed by atoms with Crippen LogP contribution in [0, 0.1) is 0 Å². The van der Waals surface area contributed by atoms with Gasteiger partial charge < -0.3 is 20.3 Å². The van der Waals surface area contributed by atoms with Crippen molar-refractivity contribution < 1.29 is 9.53 Å². The maximum absolute atomic E-state index is 11.9. The Balaban J connectivity index is 1.37. The molecule has 2 heterocycles. The lowest BCUT2D eigenvalue weighted by molar-refractivity contribution is 0.112. The van der Waals surface area contributed by atoms with Crippen LogP contribution >= 0.6 is 11.8 Å². The maximum Gasteiger partial charge on any atom is 0.319 e. The van der Waals surface area contributed by atoms with Crippen LogP contribution in [0.5, 0.6) is 0 Å². The molecule has 2 N–H and O–H groups in total. The van der Waals surface area contributed by atoms with Gasteiger partial charge in [-0.15, -0.1) is 0 Å². The molecule has 2 aliphatic rings. The first-order chi connectivity index (χ1) is 11.8. The molecule has 1 aromatic rings. The fourth-order valence-corrected chi connectivity index (χ4v) is 4.03. The maximum atomic E-state index is 11.9. The zero-order chi connectivity index (χ0) is 16.6. The Morgan fingerprint density at radius 3 is 2.75 bits per heavy atom. The summed E-state index contributed by atoms with van der Waals surface area (Å²) in [4.78, 5) is 14.4. The Kier molecular flexibility index (Phi) is 6.81. The summed E-state index contributed by atoms with van der Waals surface area (Å²) in [6.45, 7) is 4.92. The second-order valence-electron chi connectivity index (χ2n) is 6.37. The van der Waals surface area contributed by atoms with Gasteiger partial charge in [0, 0.05) is 50.0 Å². The normalized spacial score (nSPS) is 21.6. The topological polar surface area (TPSA) is 53.6 Å². The van der Waals surface area contributed by atoms with Crippen LogP contribution in [0.4, 0.5) is 10.5 Å². The van der Waals surface area contributed by atoms with Crippen molar-refractivity contribution in [1.29, 1.82) is 0 Å². The van der Waals surface area contributed by atoms with E-state index in [1.54, 1.807) is 0 Å². The smallest absolute Gasteiger partial charge is 0.319 e. The summed E-state index contributed by atoms with van der Waals surface area (Å²) in [5, 5.41) is 5.75. The van der Waals surface area contributed by atoms with Crippen LogP contribution in [0.2, 0.25) is 0 Å². The molecular formula is C18H27N3O2S. The molecule has 1 atom stereocenters. The molecule has 132 valence electrons. The van der Waals surface area contributed by atoms with Gasteiger partial charge in [-0.3, -0.25) is 0 Å². The lowest BCUT2D eigenvalue weighted by atomic mass is 10.1. The van der Waals surface area contributed by atoms with Crippen LogP contribution in [0.15, 0.2) is 24.3 Å². The molecule has 24 heavy (non-hydrogen) atoms. The van der Waals surface area contributed by atoms with Crippen molar-refractivity contribution in [3.63, 3.8) is 0 Å². The molecule has 2 fully saturated rings. The number of nitrogens with one attached hydrogen (secondary N) is 2. The Morgan fingerprint density at radius 1 is 1.25 bits per heavy atom. The SMILES string of the molecule is O=C(NC[C@H]1CCCO1)Nc1ccc(CCN2CCSCC2)cc1. The van der Waals surface area contributed by atoms with E-state index in [-0.39, 0.29) is 12.1 Å². The van der Waals surface area contributed by atoms with E-state index in [1.807, 2.05) is 23.9 Å². The molecule has 3 rings (SSSR count). The van der Waals surface area contributed by atoms with Crippen molar-refractivity contribution in [2.75, 3.05) is 49.6 Å². The summed E-state index contributed by atoms with van der Waals surface area (Å²) in [5.41, 5.74) is 2.15. The molecule has 2 aliphatic heterocycles. The van der Waals surface area contributed by atoms with Crippen molar-refractivity contribution in [3.05, 3.63) is 29.8 Å². The van der Waals surface area contributed by atoms with E-state index < -0.39 is 0 Å². The fourth-order valence-electron chi connectivity index (χ4n) is 3.05. The highest BCUT2D eigenvalue weighted by molar-refractivity contribution is 7.99. The minimum Gasteiger partial charge on any atom is -0.376 e. The number of hydrogen-bond donors (Lipinski definition) is 2. The first-order valence-electron chi connectivity index (χ1n) is 8.85. The molecule has 0 aromatic heterocycles. The van der Waals surface area contributed by atoms with Gasteiger partial charge in [-0.1, -0.05) is 12.1 Å². The Bertz CT molecular complexity index is 512. The number of rotatable bonds is 6. The zero-order valence-corrected chi connectivity index (χ0v) is 14.9. The molecule has 0 spiro atoms. The zero-order valence-electron chi connectivity index (χ0n) is 14.1. The van der Waals surface area contributed by atoms with Gasteiger partial charge in [-0.25, -0.2) is 4.79 Å². The number of anilines is 1. The van der Waals surface area contributed by atoms with Crippen LogP contribution in [0.1, 0.15) is 18.4 Å². The van der Waals surface area contributed by atoms with Crippen LogP contribution in [-0.2, 0) is 11.2 Å². The number of urea groups is 1. The summed E-state index contributed by atoms with van der Waals surface area (Å²) in [5.74, 6) is 2.51. The second kappa shape index (κ2) is 9.30. The largest absolute Gasteiger partial charge is 0.376 e. The molecule has 1 aromatic carbocycles. The summed E-state index contributed by atoms with van der Waals surface area (Å²) in [6, 6.07) is 8.01. The van der Waals surface area contributed by atoms with Crippen molar-refractivity contribution in [2.24, 2.45) is 0 Å². The lowest BCUT2D eigenvalue weighted by Gasteiger charge is -2.26. The van der Waals surface area contributed by atoms with Gasteiger partial charge in [-0.2, -0.15) is 11.8 Å². The number of thioether (sulfide) groups is 1. The van der Waals surface area contributed by atoms with Crippen molar-refractivity contribution >= 4 is 23.5 Å². The molecule has 5 nitrogen and oxygen atoms in total. The van der Waals surface area contributed by atoms with Crippen molar-refractivity contribution in [3.8, 4) is 0 Å². The van der Waals surface area contributed by atoms with Crippen molar-refractivity contribution in [1.82, 2.24) is 10.2 Å². The third kappa shape index (κ3) is 5.69. The van der Waals surface area contributed by atoms with E-state index in [2.05, 4.69) is 27.7 Å². The molecule has 0 bridgehead atoms. The van der Waals surface area contributed by atoms with Gasteiger partial charge in [0.2, 0.25) is 0 Å². The standard InChI is InChI=1S/C18H27N3O2S/c22-18(19-14-17-2-1-11-23-17)20-16-5-3-15(4-6-16)7-8-21-9-12-24-13-10-21/h3-6,17H,1-2,7-14H2,(H2,19,20,22)/t17-/m1/s1. The van der Waals surface area contributed by atoms with E-state index in [9.17, 15) is 4.79 Å². The predicted octanol–water partition coefficient (Wildman–Crippen LogP) is 2.58. The predicted molar refractivity (Wildman–Crippen MR) is 99.9 cm³/mol. The van der Waals surface area contributed by atoms with Gasteiger partial charge in [0.1, 0.15) is 0 Å². The number of carbonyl (C=O) groups excluding carboxylic acids is 1. The quantitative estimate of drug-likeness (QED) is 0.829.